The third kappa shape index (κ3) is 3.49. The minimum Gasteiger partial charge on any atom is -0.339 e. The molecule has 0 unspecified atom stereocenters. The molecule has 7 nitrogen and oxygen atoms in total. The average Bonchev–Trinajstić information content (AvgIpc) is 2.89. The first-order valence-electron chi connectivity index (χ1n) is 9.96. The molecule has 1 aromatic carbocycles. The molecule has 0 spiro atoms. The minimum atomic E-state index is 0.108. The van der Waals surface area contributed by atoms with Crippen LogP contribution in [0.25, 0.3) is 11.0 Å². The molecule has 2 aromatic heterocycles. The molecule has 3 saturated heterocycles. The SMILES string of the molecule is O=C(Cn1nc2ccccc2n1)N1C[C@H]2CC[C@@H](C1)N(Cc1ccccn1)C2. The van der Waals surface area contributed by atoms with Crippen LogP contribution in [0.1, 0.15) is 18.5 Å². The normalized spacial score (nSPS) is 22.5. The van der Waals surface area contributed by atoms with Crippen molar-refractivity contribution in [1.82, 2.24) is 29.8 Å². The number of benzene rings is 1. The molecule has 2 bridgehead atoms. The lowest BCUT2D eigenvalue weighted by atomic mass is 9.95. The van der Waals surface area contributed by atoms with Crippen molar-refractivity contribution in [1.29, 1.82) is 0 Å². The summed E-state index contributed by atoms with van der Waals surface area (Å²) in [6.07, 6.45) is 4.19. The fourth-order valence-corrected chi connectivity index (χ4v) is 4.47. The van der Waals surface area contributed by atoms with Gasteiger partial charge in [0.1, 0.15) is 17.6 Å². The molecular formula is C21H24N6O. The van der Waals surface area contributed by atoms with Crippen LogP contribution in [0, 0.1) is 5.92 Å². The summed E-state index contributed by atoms with van der Waals surface area (Å²) in [6, 6.07) is 14.2. The van der Waals surface area contributed by atoms with Crippen LogP contribution in [-0.2, 0) is 17.9 Å². The molecule has 2 atom stereocenters. The van der Waals surface area contributed by atoms with Crippen molar-refractivity contribution >= 4 is 16.9 Å². The van der Waals surface area contributed by atoms with Crippen LogP contribution >= 0.6 is 0 Å². The second-order valence-corrected chi connectivity index (χ2v) is 7.87. The summed E-state index contributed by atoms with van der Waals surface area (Å²) in [5.41, 5.74) is 2.75. The Balaban J connectivity index is 1.28. The Morgan fingerprint density at radius 3 is 2.50 bits per heavy atom. The summed E-state index contributed by atoms with van der Waals surface area (Å²) < 4.78 is 0. The lowest BCUT2D eigenvalue weighted by Gasteiger charge is -2.35. The quantitative estimate of drug-likeness (QED) is 0.696. The van der Waals surface area contributed by atoms with E-state index < -0.39 is 0 Å². The summed E-state index contributed by atoms with van der Waals surface area (Å²) in [7, 11) is 0. The molecular weight excluding hydrogens is 352 g/mol. The van der Waals surface area contributed by atoms with Crippen molar-refractivity contribution in [2.24, 2.45) is 5.92 Å². The van der Waals surface area contributed by atoms with Gasteiger partial charge in [0.2, 0.25) is 5.91 Å². The highest BCUT2D eigenvalue weighted by Crippen LogP contribution is 2.29. The summed E-state index contributed by atoms with van der Waals surface area (Å²) in [4.78, 5) is 23.5. The van der Waals surface area contributed by atoms with Gasteiger partial charge in [-0.1, -0.05) is 18.2 Å². The van der Waals surface area contributed by atoms with E-state index in [-0.39, 0.29) is 12.5 Å². The molecule has 3 aliphatic heterocycles. The van der Waals surface area contributed by atoms with E-state index >= 15 is 0 Å². The maximum absolute atomic E-state index is 13.0. The van der Waals surface area contributed by atoms with Crippen LogP contribution in [-0.4, -0.2) is 61.4 Å². The van der Waals surface area contributed by atoms with E-state index in [1.54, 1.807) is 0 Å². The molecule has 3 aliphatic rings. The zero-order valence-corrected chi connectivity index (χ0v) is 15.8. The zero-order chi connectivity index (χ0) is 18.9. The van der Waals surface area contributed by atoms with E-state index in [0.717, 1.165) is 49.3 Å². The van der Waals surface area contributed by atoms with Crippen molar-refractivity contribution in [2.45, 2.75) is 32.0 Å². The van der Waals surface area contributed by atoms with Gasteiger partial charge in [-0.3, -0.25) is 14.7 Å². The second-order valence-electron chi connectivity index (χ2n) is 7.87. The Labute approximate surface area is 164 Å². The van der Waals surface area contributed by atoms with Crippen LogP contribution in [0.2, 0.25) is 0 Å². The number of carbonyl (C=O) groups is 1. The van der Waals surface area contributed by atoms with E-state index in [9.17, 15) is 4.79 Å². The fraction of sp³-hybridized carbons (Fsp3) is 0.429. The second kappa shape index (κ2) is 7.31. The smallest absolute Gasteiger partial charge is 0.246 e. The monoisotopic (exact) mass is 376 g/mol. The standard InChI is InChI=1S/C21H24N6O/c28-21(15-27-23-19-6-1-2-7-20(19)24-27)26-12-16-8-9-18(14-26)25(11-16)13-17-5-3-4-10-22-17/h1-7,10,16,18H,8-9,11-15H2/t16-,18-/m0/s1. The largest absolute Gasteiger partial charge is 0.339 e. The number of hydrogen-bond acceptors (Lipinski definition) is 5. The van der Waals surface area contributed by atoms with E-state index in [2.05, 4.69) is 26.1 Å². The number of hydrogen-bond donors (Lipinski definition) is 0. The maximum Gasteiger partial charge on any atom is 0.246 e. The van der Waals surface area contributed by atoms with Gasteiger partial charge in [0.15, 0.2) is 0 Å². The molecule has 144 valence electrons. The van der Waals surface area contributed by atoms with Crippen molar-refractivity contribution in [3.63, 3.8) is 0 Å². The average molecular weight is 376 g/mol. The maximum atomic E-state index is 13.0. The number of rotatable bonds is 4. The van der Waals surface area contributed by atoms with E-state index in [1.807, 2.05) is 47.5 Å². The highest BCUT2D eigenvalue weighted by atomic mass is 16.2. The van der Waals surface area contributed by atoms with Gasteiger partial charge in [-0.25, -0.2) is 0 Å². The number of amides is 1. The van der Waals surface area contributed by atoms with Gasteiger partial charge in [0, 0.05) is 38.4 Å². The Morgan fingerprint density at radius 2 is 1.75 bits per heavy atom. The fourth-order valence-electron chi connectivity index (χ4n) is 4.47. The van der Waals surface area contributed by atoms with E-state index in [4.69, 9.17) is 0 Å². The van der Waals surface area contributed by atoms with Gasteiger partial charge < -0.3 is 4.90 Å². The van der Waals surface area contributed by atoms with Gasteiger partial charge >= 0.3 is 0 Å². The molecule has 1 amide bonds. The molecule has 0 N–H and O–H groups in total. The van der Waals surface area contributed by atoms with E-state index in [1.165, 1.54) is 11.2 Å². The van der Waals surface area contributed by atoms with Crippen LogP contribution in [0.3, 0.4) is 0 Å². The Kier molecular flexibility index (Phi) is 4.52. The number of nitrogens with zero attached hydrogens (tertiary/aromatic N) is 6. The van der Waals surface area contributed by atoms with Crippen molar-refractivity contribution in [3.8, 4) is 0 Å². The zero-order valence-electron chi connectivity index (χ0n) is 15.8. The number of fused-ring (bicyclic) bond motifs is 5. The summed E-state index contributed by atoms with van der Waals surface area (Å²) in [5.74, 6) is 0.632. The van der Waals surface area contributed by atoms with Gasteiger partial charge in [-0.15, -0.1) is 0 Å². The van der Waals surface area contributed by atoms with Crippen LogP contribution in [0.15, 0.2) is 48.7 Å². The van der Waals surface area contributed by atoms with Gasteiger partial charge in [-0.2, -0.15) is 15.0 Å². The summed E-state index contributed by atoms with van der Waals surface area (Å²) >= 11 is 0. The highest BCUT2D eigenvalue weighted by molar-refractivity contribution is 5.77. The van der Waals surface area contributed by atoms with Gasteiger partial charge in [0.25, 0.3) is 0 Å². The number of pyridine rings is 1. The molecule has 3 fully saturated rings. The van der Waals surface area contributed by atoms with Crippen molar-refractivity contribution in [3.05, 3.63) is 54.4 Å². The Morgan fingerprint density at radius 1 is 0.964 bits per heavy atom. The van der Waals surface area contributed by atoms with Crippen LogP contribution in [0.4, 0.5) is 0 Å². The predicted octanol–water partition coefficient (Wildman–Crippen LogP) is 1.95. The number of carbonyl (C=O) groups excluding carboxylic acids is 1. The molecule has 0 aliphatic carbocycles. The molecule has 3 aromatic rings. The third-order valence-corrected chi connectivity index (χ3v) is 5.88. The summed E-state index contributed by atoms with van der Waals surface area (Å²) in [5, 5.41) is 8.87. The highest BCUT2D eigenvalue weighted by Gasteiger charge is 2.36. The predicted molar refractivity (Wildman–Crippen MR) is 105 cm³/mol. The lowest BCUT2D eigenvalue weighted by Crippen LogP contribution is -2.44. The number of piperidine rings is 1. The topological polar surface area (TPSA) is 67.2 Å². The molecule has 5 heterocycles. The molecule has 6 rings (SSSR count). The van der Waals surface area contributed by atoms with Gasteiger partial charge in [-0.05, 0) is 43.0 Å². The third-order valence-electron chi connectivity index (χ3n) is 5.88. The number of aromatic nitrogens is 4. The first kappa shape index (κ1) is 17.3. The first-order valence-corrected chi connectivity index (χ1v) is 9.96. The van der Waals surface area contributed by atoms with E-state index in [0.29, 0.717) is 12.0 Å². The minimum absolute atomic E-state index is 0.108. The van der Waals surface area contributed by atoms with Gasteiger partial charge in [0.05, 0.1) is 5.69 Å². The van der Waals surface area contributed by atoms with Crippen molar-refractivity contribution < 1.29 is 4.79 Å². The molecule has 7 heteroatoms. The first-order chi connectivity index (χ1) is 13.7. The lowest BCUT2D eigenvalue weighted by molar-refractivity contribution is -0.132. The molecule has 0 saturated carbocycles. The molecule has 0 radical (unpaired) electrons. The Bertz CT molecular complexity index is 938. The van der Waals surface area contributed by atoms with Crippen molar-refractivity contribution in [2.75, 3.05) is 19.6 Å². The van der Waals surface area contributed by atoms with Crippen LogP contribution in [0.5, 0.6) is 0 Å². The molecule has 28 heavy (non-hydrogen) atoms. The van der Waals surface area contributed by atoms with Crippen LogP contribution < -0.4 is 0 Å². The summed E-state index contributed by atoms with van der Waals surface area (Å²) in [6.45, 7) is 3.71. The Hall–Kier alpha value is -2.80.